The van der Waals surface area contributed by atoms with E-state index in [-0.39, 0.29) is 11.9 Å². The monoisotopic (exact) mass is 353 g/mol. The zero-order valence-corrected chi connectivity index (χ0v) is 16.0. The van der Waals surface area contributed by atoms with Crippen molar-refractivity contribution in [2.45, 2.75) is 39.3 Å². The number of likely N-dealkylation sites (N-methyl/N-ethyl adjacent to an activating group) is 1. The highest BCUT2D eigenvalue weighted by Crippen LogP contribution is 2.40. The van der Waals surface area contributed by atoms with Crippen molar-refractivity contribution in [3.05, 3.63) is 54.2 Å². The first-order chi connectivity index (χ1) is 12.5. The topological polar surface area (TPSA) is 45.7 Å². The Morgan fingerprint density at radius 3 is 2.46 bits per heavy atom. The predicted octanol–water partition coefficient (Wildman–Crippen LogP) is 3.67. The molecular weight excluding hydrogens is 326 g/mol. The fraction of sp³-hybridized carbons (Fsp3) is 0.429. The molecule has 1 atom stereocenters. The Kier molecular flexibility index (Phi) is 5.28. The lowest BCUT2D eigenvalue weighted by Crippen LogP contribution is -2.55. The summed E-state index contributed by atoms with van der Waals surface area (Å²) in [5, 5.41) is 0. The highest BCUT2D eigenvalue weighted by atomic mass is 16.5. The van der Waals surface area contributed by atoms with Crippen molar-refractivity contribution in [2.24, 2.45) is 0 Å². The van der Waals surface area contributed by atoms with Crippen molar-refractivity contribution >= 4 is 11.7 Å². The van der Waals surface area contributed by atoms with Crippen LogP contribution >= 0.6 is 0 Å². The van der Waals surface area contributed by atoms with Crippen LogP contribution in [0.4, 0.5) is 5.82 Å². The van der Waals surface area contributed by atoms with E-state index in [0.29, 0.717) is 11.6 Å². The Balaban J connectivity index is 2.11. The molecule has 3 rings (SSSR count). The van der Waals surface area contributed by atoms with Crippen molar-refractivity contribution in [3.8, 4) is 5.75 Å². The zero-order chi connectivity index (χ0) is 18.7. The largest absolute Gasteiger partial charge is 0.474 e. The molecule has 0 radical (unpaired) electrons. The molecule has 0 fully saturated rings. The van der Waals surface area contributed by atoms with Crippen LogP contribution in [0.15, 0.2) is 48.7 Å². The summed E-state index contributed by atoms with van der Waals surface area (Å²) < 4.78 is 5.94. The summed E-state index contributed by atoms with van der Waals surface area (Å²) in [7, 11) is 0. The number of ether oxygens (including phenoxy) is 1. The van der Waals surface area contributed by atoms with Gasteiger partial charge in [0.1, 0.15) is 0 Å². The lowest BCUT2D eigenvalue weighted by atomic mass is 9.98. The molecule has 0 N–H and O–H groups in total. The van der Waals surface area contributed by atoms with Crippen LogP contribution in [0.5, 0.6) is 5.75 Å². The van der Waals surface area contributed by atoms with E-state index in [9.17, 15) is 4.79 Å². The maximum absolute atomic E-state index is 13.3. The molecule has 0 spiro atoms. The maximum atomic E-state index is 13.3. The third-order valence-electron chi connectivity index (χ3n) is 4.90. The Bertz CT molecular complexity index is 757. The third kappa shape index (κ3) is 3.44. The van der Waals surface area contributed by atoms with Gasteiger partial charge < -0.3 is 9.64 Å². The summed E-state index contributed by atoms with van der Waals surface area (Å²) in [6.45, 7) is 10.5. The van der Waals surface area contributed by atoms with E-state index in [1.807, 2.05) is 49.1 Å². The quantitative estimate of drug-likeness (QED) is 0.795. The Morgan fingerprint density at radius 2 is 1.81 bits per heavy atom. The average molecular weight is 353 g/mol. The predicted molar refractivity (Wildman–Crippen MR) is 103 cm³/mol. The SMILES string of the molecule is CCN(CC)CC(c1ccccc1)N1C(=O)C(C)(C)Oc2cccnc21. The van der Waals surface area contributed by atoms with Gasteiger partial charge in [-0.25, -0.2) is 4.98 Å². The second-order valence-electron chi connectivity index (χ2n) is 7.03. The number of hydrogen-bond donors (Lipinski definition) is 0. The molecule has 5 heteroatoms. The van der Waals surface area contributed by atoms with Crippen molar-refractivity contribution in [1.29, 1.82) is 0 Å². The molecule has 2 aromatic rings. The van der Waals surface area contributed by atoms with Gasteiger partial charge >= 0.3 is 0 Å². The summed E-state index contributed by atoms with van der Waals surface area (Å²) >= 11 is 0. The highest BCUT2D eigenvalue weighted by Gasteiger charge is 2.45. The standard InChI is InChI=1S/C21H27N3O2/c1-5-23(6-2)15-17(16-11-8-7-9-12-16)24-19-18(13-10-14-22-19)26-21(3,4)20(24)25/h7-14,17H,5-6,15H2,1-4H3. The Hall–Kier alpha value is -2.40. The van der Waals surface area contributed by atoms with Crippen LogP contribution in [0.3, 0.4) is 0 Å². The number of anilines is 1. The third-order valence-corrected chi connectivity index (χ3v) is 4.90. The number of hydrogen-bond acceptors (Lipinski definition) is 4. The number of benzene rings is 1. The van der Waals surface area contributed by atoms with Gasteiger partial charge in [0.2, 0.25) is 0 Å². The van der Waals surface area contributed by atoms with Gasteiger partial charge in [-0.15, -0.1) is 0 Å². The number of carbonyl (C=O) groups excluding carboxylic acids is 1. The van der Waals surface area contributed by atoms with Crippen LogP contribution in [0.1, 0.15) is 39.3 Å². The molecule has 2 heterocycles. The van der Waals surface area contributed by atoms with E-state index in [0.717, 1.165) is 25.2 Å². The molecule has 0 saturated carbocycles. The number of nitrogens with zero attached hydrogens (tertiary/aromatic N) is 3. The van der Waals surface area contributed by atoms with Gasteiger partial charge in [-0.2, -0.15) is 0 Å². The fourth-order valence-electron chi connectivity index (χ4n) is 3.37. The number of carbonyl (C=O) groups is 1. The minimum atomic E-state index is -0.924. The molecule has 1 aliphatic rings. The number of pyridine rings is 1. The van der Waals surface area contributed by atoms with Gasteiger partial charge in [0, 0.05) is 12.7 Å². The van der Waals surface area contributed by atoms with Crippen molar-refractivity contribution in [2.75, 3.05) is 24.5 Å². The van der Waals surface area contributed by atoms with Crippen LogP contribution in [0.25, 0.3) is 0 Å². The lowest BCUT2D eigenvalue weighted by Gasteiger charge is -2.42. The molecule has 0 aliphatic carbocycles. The van der Waals surface area contributed by atoms with E-state index >= 15 is 0 Å². The van der Waals surface area contributed by atoms with Crippen LogP contribution in [-0.2, 0) is 4.79 Å². The Morgan fingerprint density at radius 1 is 1.12 bits per heavy atom. The number of aromatic nitrogens is 1. The first-order valence-corrected chi connectivity index (χ1v) is 9.23. The molecule has 1 aliphatic heterocycles. The summed E-state index contributed by atoms with van der Waals surface area (Å²) in [5.41, 5.74) is 0.175. The number of rotatable bonds is 6. The van der Waals surface area contributed by atoms with Crippen molar-refractivity contribution < 1.29 is 9.53 Å². The van der Waals surface area contributed by atoms with Gasteiger partial charge in [0.25, 0.3) is 5.91 Å². The molecule has 1 aromatic heterocycles. The first kappa shape index (κ1) is 18.4. The van der Waals surface area contributed by atoms with Gasteiger partial charge in [-0.3, -0.25) is 9.69 Å². The van der Waals surface area contributed by atoms with Gasteiger partial charge in [-0.05, 0) is 44.6 Å². The number of fused-ring (bicyclic) bond motifs is 1. The van der Waals surface area contributed by atoms with Gasteiger partial charge in [0.05, 0.1) is 6.04 Å². The molecule has 138 valence electrons. The molecular formula is C21H27N3O2. The number of amides is 1. The highest BCUT2D eigenvalue weighted by molar-refractivity contribution is 6.02. The second-order valence-corrected chi connectivity index (χ2v) is 7.03. The van der Waals surface area contributed by atoms with Crippen LogP contribution < -0.4 is 9.64 Å². The minimum absolute atomic E-state index is 0.0651. The van der Waals surface area contributed by atoms with E-state index in [1.165, 1.54) is 0 Å². The van der Waals surface area contributed by atoms with Gasteiger partial charge in [0.15, 0.2) is 17.2 Å². The minimum Gasteiger partial charge on any atom is -0.474 e. The molecule has 0 saturated heterocycles. The van der Waals surface area contributed by atoms with Crippen LogP contribution in [0.2, 0.25) is 0 Å². The van der Waals surface area contributed by atoms with Gasteiger partial charge in [-0.1, -0.05) is 44.2 Å². The Labute approximate surface area is 155 Å². The molecule has 26 heavy (non-hydrogen) atoms. The molecule has 1 amide bonds. The van der Waals surface area contributed by atoms with Crippen molar-refractivity contribution in [1.82, 2.24) is 9.88 Å². The second kappa shape index (κ2) is 7.46. The van der Waals surface area contributed by atoms with Crippen molar-refractivity contribution in [3.63, 3.8) is 0 Å². The maximum Gasteiger partial charge on any atom is 0.272 e. The molecule has 1 unspecified atom stereocenters. The lowest BCUT2D eigenvalue weighted by molar-refractivity contribution is -0.133. The normalized spacial score (nSPS) is 17.0. The smallest absolute Gasteiger partial charge is 0.272 e. The summed E-state index contributed by atoms with van der Waals surface area (Å²) in [6, 6.07) is 13.8. The van der Waals surface area contributed by atoms with E-state index in [4.69, 9.17) is 4.74 Å². The zero-order valence-electron chi connectivity index (χ0n) is 16.0. The first-order valence-electron chi connectivity index (χ1n) is 9.23. The molecule has 1 aromatic carbocycles. The van der Waals surface area contributed by atoms with E-state index in [1.54, 1.807) is 6.20 Å². The molecule has 5 nitrogen and oxygen atoms in total. The summed E-state index contributed by atoms with van der Waals surface area (Å²) in [5.74, 6) is 1.18. The van der Waals surface area contributed by atoms with E-state index in [2.05, 4.69) is 35.9 Å². The van der Waals surface area contributed by atoms with Crippen LogP contribution in [-0.4, -0.2) is 41.0 Å². The fourth-order valence-corrected chi connectivity index (χ4v) is 3.37. The summed E-state index contributed by atoms with van der Waals surface area (Å²) in [4.78, 5) is 22.0. The summed E-state index contributed by atoms with van der Waals surface area (Å²) in [6.07, 6.45) is 1.71. The average Bonchev–Trinajstić information content (AvgIpc) is 2.65. The van der Waals surface area contributed by atoms with E-state index < -0.39 is 5.60 Å². The molecule has 0 bridgehead atoms. The van der Waals surface area contributed by atoms with Crippen LogP contribution in [0, 0.1) is 0 Å².